The summed E-state index contributed by atoms with van der Waals surface area (Å²) in [5.74, 6) is -1.76. The van der Waals surface area contributed by atoms with E-state index in [9.17, 15) is 24.8 Å². The average molecular weight is 262 g/mol. The number of benzene rings is 1. The van der Waals surface area contributed by atoms with Crippen molar-refractivity contribution in [3.8, 4) is 0 Å². The molecule has 0 spiro atoms. The number of non-ortho nitro benzene ring substituents is 1. The number of rotatable bonds is 3. The Morgan fingerprint density at radius 3 is 2.42 bits per heavy atom. The molecular formula is C12H10N2O5. The number of nitrogens with zero attached hydrogens (tertiary/aromatic N) is 1. The minimum Gasteiger partial charge on any atom is -0.503 e. The summed E-state index contributed by atoms with van der Waals surface area (Å²) in [6.45, 7) is 1.24. The van der Waals surface area contributed by atoms with Gasteiger partial charge in [-0.15, -0.1) is 0 Å². The zero-order chi connectivity index (χ0) is 14.2. The second kappa shape index (κ2) is 4.52. The fraction of sp³-hybridized carbons (Fsp3) is 0.167. The van der Waals surface area contributed by atoms with Gasteiger partial charge < -0.3 is 10.4 Å². The molecule has 98 valence electrons. The number of nitro groups is 1. The quantitative estimate of drug-likeness (QED) is 0.627. The van der Waals surface area contributed by atoms with Gasteiger partial charge in [0.15, 0.2) is 11.5 Å². The van der Waals surface area contributed by atoms with Crippen molar-refractivity contribution in [2.45, 2.75) is 13.0 Å². The molecule has 0 radical (unpaired) electrons. The number of nitro benzene ring substituents is 1. The van der Waals surface area contributed by atoms with E-state index in [1.165, 1.54) is 31.2 Å². The molecule has 2 rings (SSSR count). The molecule has 0 saturated carbocycles. The molecule has 1 amide bonds. The lowest BCUT2D eigenvalue weighted by atomic mass is 9.97. The van der Waals surface area contributed by atoms with E-state index in [4.69, 9.17) is 0 Å². The van der Waals surface area contributed by atoms with Gasteiger partial charge in [-0.3, -0.25) is 19.7 Å². The smallest absolute Gasteiger partial charge is 0.287 e. The first kappa shape index (κ1) is 12.7. The number of carbonyl (C=O) groups is 2. The van der Waals surface area contributed by atoms with Gasteiger partial charge in [-0.2, -0.15) is 0 Å². The summed E-state index contributed by atoms with van der Waals surface area (Å²) in [6.07, 6.45) is 0. The fourth-order valence-corrected chi connectivity index (χ4v) is 1.94. The highest BCUT2D eigenvalue weighted by Crippen LogP contribution is 2.30. The van der Waals surface area contributed by atoms with Gasteiger partial charge in [0.1, 0.15) is 0 Å². The minimum absolute atomic E-state index is 0.0288. The molecule has 0 bridgehead atoms. The van der Waals surface area contributed by atoms with Crippen molar-refractivity contribution in [1.29, 1.82) is 0 Å². The molecular weight excluding hydrogens is 252 g/mol. The monoisotopic (exact) mass is 262 g/mol. The highest BCUT2D eigenvalue weighted by Gasteiger charge is 2.35. The Bertz CT molecular complexity index is 603. The van der Waals surface area contributed by atoms with Gasteiger partial charge in [-0.1, -0.05) is 0 Å². The molecule has 19 heavy (non-hydrogen) atoms. The Morgan fingerprint density at radius 2 is 1.95 bits per heavy atom. The van der Waals surface area contributed by atoms with Crippen LogP contribution in [0.15, 0.2) is 35.6 Å². The van der Waals surface area contributed by atoms with Crippen molar-refractivity contribution in [1.82, 2.24) is 5.32 Å². The van der Waals surface area contributed by atoms with Crippen molar-refractivity contribution in [2.75, 3.05) is 0 Å². The zero-order valence-electron chi connectivity index (χ0n) is 9.91. The van der Waals surface area contributed by atoms with Gasteiger partial charge in [-0.05, 0) is 24.6 Å². The molecule has 1 aromatic carbocycles. The van der Waals surface area contributed by atoms with Crippen LogP contribution in [0.5, 0.6) is 0 Å². The lowest BCUT2D eigenvalue weighted by Crippen LogP contribution is -2.23. The van der Waals surface area contributed by atoms with Gasteiger partial charge in [0.05, 0.1) is 16.5 Å². The van der Waals surface area contributed by atoms with Crippen LogP contribution < -0.4 is 5.32 Å². The predicted molar refractivity (Wildman–Crippen MR) is 64.3 cm³/mol. The number of aliphatic hydroxyl groups excluding tert-OH is 1. The number of Topliss-reactive ketones (excluding diaryl/α,β-unsaturated/α-hetero) is 1. The summed E-state index contributed by atoms with van der Waals surface area (Å²) in [6, 6.07) is 4.64. The molecule has 1 aliphatic rings. The van der Waals surface area contributed by atoms with Crippen molar-refractivity contribution >= 4 is 17.4 Å². The summed E-state index contributed by atoms with van der Waals surface area (Å²) < 4.78 is 0. The third-order valence-corrected chi connectivity index (χ3v) is 2.85. The molecule has 1 aliphatic heterocycles. The Kier molecular flexibility index (Phi) is 3.04. The number of ketones is 1. The second-order valence-electron chi connectivity index (χ2n) is 4.07. The van der Waals surface area contributed by atoms with Crippen LogP contribution >= 0.6 is 0 Å². The van der Waals surface area contributed by atoms with Gasteiger partial charge in [0.2, 0.25) is 0 Å². The van der Waals surface area contributed by atoms with Crippen LogP contribution in [-0.4, -0.2) is 21.7 Å². The molecule has 0 aliphatic carbocycles. The number of nitrogens with one attached hydrogen (secondary N) is 1. The van der Waals surface area contributed by atoms with E-state index in [1.807, 2.05) is 0 Å². The van der Waals surface area contributed by atoms with Crippen LogP contribution in [-0.2, 0) is 9.59 Å². The molecule has 0 saturated heterocycles. The van der Waals surface area contributed by atoms with E-state index < -0.39 is 28.4 Å². The maximum Gasteiger partial charge on any atom is 0.287 e. The molecule has 0 aromatic heterocycles. The number of hydrogen-bond acceptors (Lipinski definition) is 5. The minimum atomic E-state index is -0.772. The van der Waals surface area contributed by atoms with E-state index in [-0.39, 0.29) is 11.3 Å². The van der Waals surface area contributed by atoms with Crippen molar-refractivity contribution < 1.29 is 19.6 Å². The molecule has 1 heterocycles. The largest absolute Gasteiger partial charge is 0.503 e. The van der Waals surface area contributed by atoms with Gasteiger partial charge >= 0.3 is 0 Å². The molecule has 7 heteroatoms. The maximum absolute atomic E-state index is 11.4. The lowest BCUT2D eigenvalue weighted by molar-refractivity contribution is -0.384. The van der Waals surface area contributed by atoms with Crippen LogP contribution in [0.4, 0.5) is 5.69 Å². The number of aliphatic hydroxyl groups is 1. The third kappa shape index (κ3) is 2.17. The van der Waals surface area contributed by atoms with Crippen molar-refractivity contribution in [3.05, 3.63) is 51.3 Å². The molecule has 7 nitrogen and oxygen atoms in total. The summed E-state index contributed by atoms with van der Waals surface area (Å²) in [5.41, 5.74) is 0.373. The van der Waals surface area contributed by atoms with Crippen LogP contribution in [0.2, 0.25) is 0 Å². The molecule has 0 fully saturated rings. The maximum atomic E-state index is 11.4. The Morgan fingerprint density at radius 1 is 1.37 bits per heavy atom. The second-order valence-corrected chi connectivity index (χ2v) is 4.07. The molecule has 0 unspecified atom stereocenters. The molecule has 1 aromatic rings. The molecule has 2 N–H and O–H groups in total. The lowest BCUT2D eigenvalue weighted by Gasteiger charge is -2.12. The first-order valence-electron chi connectivity index (χ1n) is 5.41. The first-order valence-corrected chi connectivity index (χ1v) is 5.41. The normalized spacial score (nSPS) is 18.4. The van der Waals surface area contributed by atoms with Crippen LogP contribution in [0.25, 0.3) is 0 Å². The summed E-state index contributed by atoms with van der Waals surface area (Å²) in [5, 5.41) is 22.5. The number of hydrogen-bond donors (Lipinski definition) is 2. The van der Waals surface area contributed by atoms with E-state index in [0.717, 1.165) is 0 Å². The topological polar surface area (TPSA) is 110 Å². The SMILES string of the molecule is CC(=O)C1=C(O)C(=O)N[C@H]1c1ccc([N+](=O)[O-])cc1. The fourth-order valence-electron chi connectivity index (χ4n) is 1.94. The standard InChI is InChI=1S/C12H10N2O5/c1-6(15)9-10(13-12(17)11(9)16)7-2-4-8(5-3-7)14(18)19/h2-5,10,16H,1H3,(H,13,17)/t10-/m0/s1. The summed E-state index contributed by atoms with van der Waals surface area (Å²) >= 11 is 0. The highest BCUT2D eigenvalue weighted by atomic mass is 16.6. The van der Waals surface area contributed by atoms with E-state index in [2.05, 4.69) is 5.32 Å². The Labute approximate surface area is 107 Å². The number of carbonyl (C=O) groups excluding carboxylic acids is 2. The number of amides is 1. The molecule has 1 atom stereocenters. The van der Waals surface area contributed by atoms with Crippen molar-refractivity contribution in [3.63, 3.8) is 0 Å². The van der Waals surface area contributed by atoms with Gasteiger partial charge in [-0.25, -0.2) is 0 Å². The van der Waals surface area contributed by atoms with Gasteiger partial charge in [0, 0.05) is 12.1 Å². The Hall–Kier alpha value is -2.70. The van der Waals surface area contributed by atoms with Crippen LogP contribution in [0, 0.1) is 10.1 Å². The average Bonchev–Trinajstić information content (AvgIpc) is 2.66. The van der Waals surface area contributed by atoms with Crippen molar-refractivity contribution in [2.24, 2.45) is 0 Å². The van der Waals surface area contributed by atoms with Gasteiger partial charge in [0.25, 0.3) is 11.6 Å². The Balaban J connectivity index is 2.40. The zero-order valence-corrected chi connectivity index (χ0v) is 9.91. The summed E-state index contributed by atoms with van der Waals surface area (Å²) in [4.78, 5) is 32.8. The van der Waals surface area contributed by atoms with E-state index in [0.29, 0.717) is 5.56 Å². The first-order chi connectivity index (χ1) is 8.91. The van der Waals surface area contributed by atoms with Crippen LogP contribution in [0.3, 0.4) is 0 Å². The third-order valence-electron chi connectivity index (χ3n) is 2.85. The van der Waals surface area contributed by atoms with E-state index >= 15 is 0 Å². The van der Waals surface area contributed by atoms with E-state index in [1.54, 1.807) is 0 Å². The predicted octanol–water partition coefficient (Wildman–Crippen LogP) is 1.17. The van der Waals surface area contributed by atoms with Crippen LogP contribution in [0.1, 0.15) is 18.5 Å². The highest BCUT2D eigenvalue weighted by molar-refractivity contribution is 6.08. The summed E-state index contributed by atoms with van der Waals surface area (Å²) in [7, 11) is 0.